The number of halogens is 1. The van der Waals surface area contributed by atoms with Gasteiger partial charge in [-0.25, -0.2) is 9.59 Å². The molecule has 100 valence electrons. The first kappa shape index (κ1) is 14.9. The van der Waals surface area contributed by atoms with E-state index in [1.165, 1.54) is 18.3 Å². The molecule has 8 heteroatoms. The van der Waals surface area contributed by atoms with E-state index in [1.54, 1.807) is 0 Å². The van der Waals surface area contributed by atoms with Gasteiger partial charge in [-0.2, -0.15) is 0 Å². The van der Waals surface area contributed by atoms with Crippen molar-refractivity contribution in [3.05, 3.63) is 20.8 Å². The first-order valence-corrected chi connectivity index (χ1v) is 6.70. The Morgan fingerprint density at radius 1 is 1.50 bits per heavy atom. The molecule has 1 heterocycles. The molecule has 0 radical (unpaired) electrons. The molecule has 0 aliphatic carbocycles. The minimum Gasteiger partial charge on any atom is -0.480 e. The van der Waals surface area contributed by atoms with Crippen LogP contribution in [0.25, 0.3) is 0 Å². The maximum absolute atomic E-state index is 11.4. The number of urea groups is 1. The molecule has 0 aliphatic heterocycles. The Bertz CT molecular complexity index is 435. The van der Waals surface area contributed by atoms with Crippen molar-refractivity contribution in [2.75, 3.05) is 0 Å². The number of carboxylic acid groups (broad SMARTS) is 1. The summed E-state index contributed by atoms with van der Waals surface area (Å²) in [6.45, 7) is 1.60. The van der Waals surface area contributed by atoms with Gasteiger partial charge in [-0.1, -0.05) is 0 Å². The molecule has 2 atom stereocenters. The largest absolute Gasteiger partial charge is 0.480 e. The molecule has 1 aromatic heterocycles. The van der Waals surface area contributed by atoms with Gasteiger partial charge in [0.05, 0.1) is 16.4 Å². The van der Waals surface area contributed by atoms with Crippen LogP contribution < -0.4 is 10.6 Å². The highest BCUT2D eigenvalue weighted by atomic mass is 79.9. The average Bonchev–Trinajstić information content (AvgIpc) is 2.68. The normalized spacial score (nSPS) is 13.7. The number of aliphatic carboxylic acids is 1. The van der Waals surface area contributed by atoms with E-state index in [2.05, 4.69) is 26.6 Å². The van der Waals surface area contributed by atoms with Crippen LogP contribution in [-0.4, -0.2) is 34.4 Å². The van der Waals surface area contributed by atoms with Gasteiger partial charge in [-0.05, 0) is 35.0 Å². The van der Waals surface area contributed by atoms with Gasteiger partial charge in [-0.3, -0.25) is 0 Å². The molecule has 1 aromatic rings. The first-order valence-electron chi connectivity index (χ1n) is 5.09. The molecular weight excluding hydrogens is 324 g/mol. The van der Waals surface area contributed by atoms with Crippen LogP contribution >= 0.6 is 27.3 Å². The fourth-order valence-electron chi connectivity index (χ4n) is 1.20. The van der Waals surface area contributed by atoms with Crippen LogP contribution in [0.5, 0.6) is 0 Å². The monoisotopic (exact) mass is 336 g/mol. The number of carbonyl (C=O) groups is 2. The lowest BCUT2D eigenvalue weighted by molar-refractivity contribution is -0.141. The second kappa shape index (κ2) is 6.72. The third-order valence-electron chi connectivity index (χ3n) is 2.09. The SMILES string of the molecule is C[C@@H](O)[C@H](NC(=O)NCc1ccc(Br)s1)C(=O)O. The molecule has 2 amide bonds. The summed E-state index contributed by atoms with van der Waals surface area (Å²) in [4.78, 5) is 23.1. The average molecular weight is 337 g/mol. The van der Waals surface area contributed by atoms with Gasteiger partial charge in [0, 0.05) is 4.88 Å². The highest BCUT2D eigenvalue weighted by molar-refractivity contribution is 9.11. The fraction of sp³-hybridized carbons (Fsp3) is 0.400. The zero-order chi connectivity index (χ0) is 13.7. The van der Waals surface area contributed by atoms with Crippen molar-refractivity contribution in [2.45, 2.75) is 25.6 Å². The lowest BCUT2D eigenvalue weighted by Crippen LogP contribution is -2.50. The van der Waals surface area contributed by atoms with E-state index in [9.17, 15) is 14.7 Å². The second-order valence-corrected chi connectivity index (χ2v) is 6.14. The Hall–Kier alpha value is -1.12. The molecule has 0 unspecified atom stereocenters. The molecular formula is C10H13BrN2O4S. The van der Waals surface area contributed by atoms with Crippen molar-refractivity contribution in [2.24, 2.45) is 0 Å². The standard InChI is InChI=1S/C10H13BrN2O4S/c1-5(14)8(9(15)16)13-10(17)12-4-6-2-3-7(11)18-6/h2-3,5,8,14H,4H2,1H3,(H,15,16)(H2,12,13,17)/t5-,8+/m1/s1. The van der Waals surface area contributed by atoms with Gasteiger partial charge < -0.3 is 20.8 Å². The third-order valence-corrected chi connectivity index (χ3v) is 3.71. The molecule has 0 aliphatic rings. The van der Waals surface area contributed by atoms with Crippen LogP contribution in [0.4, 0.5) is 4.79 Å². The van der Waals surface area contributed by atoms with Crippen LogP contribution in [-0.2, 0) is 11.3 Å². The van der Waals surface area contributed by atoms with Gasteiger partial charge in [-0.15, -0.1) is 11.3 Å². The zero-order valence-corrected chi connectivity index (χ0v) is 11.9. The number of carbonyl (C=O) groups excluding carboxylic acids is 1. The fourth-order valence-corrected chi connectivity index (χ4v) is 2.62. The maximum atomic E-state index is 11.4. The van der Waals surface area contributed by atoms with Gasteiger partial charge in [0.25, 0.3) is 0 Å². The highest BCUT2D eigenvalue weighted by Gasteiger charge is 2.24. The van der Waals surface area contributed by atoms with E-state index >= 15 is 0 Å². The number of hydrogen-bond donors (Lipinski definition) is 4. The number of thiophene rings is 1. The second-order valence-electron chi connectivity index (χ2n) is 3.59. The van der Waals surface area contributed by atoms with Crippen molar-refractivity contribution < 1.29 is 19.8 Å². The first-order chi connectivity index (χ1) is 8.40. The number of carboxylic acids is 1. The number of hydrogen-bond acceptors (Lipinski definition) is 4. The summed E-state index contributed by atoms with van der Waals surface area (Å²) in [6, 6.07) is 1.75. The van der Waals surface area contributed by atoms with Gasteiger partial charge in [0.15, 0.2) is 6.04 Å². The molecule has 0 spiro atoms. The van der Waals surface area contributed by atoms with Gasteiger partial charge >= 0.3 is 12.0 Å². The van der Waals surface area contributed by atoms with E-state index in [1.807, 2.05) is 12.1 Å². The topological polar surface area (TPSA) is 98.7 Å². The quantitative estimate of drug-likeness (QED) is 0.648. The number of aliphatic hydroxyl groups is 1. The molecule has 0 bridgehead atoms. The minimum absolute atomic E-state index is 0.300. The molecule has 0 saturated heterocycles. The van der Waals surface area contributed by atoms with Crippen molar-refractivity contribution in [1.82, 2.24) is 10.6 Å². The number of amides is 2. The summed E-state index contributed by atoms with van der Waals surface area (Å²) in [6.07, 6.45) is -1.16. The molecule has 1 rings (SSSR count). The molecule has 0 fully saturated rings. The van der Waals surface area contributed by atoms with Crippen LogP contribution in [0, 0.1) is 0 Å². The van der Waals surface area contributed by atoms with Crippen LogP contribution in [0.3, 0.4) is 0 Å². The maximum Gasteiger partial charge on any atom is 0.328 e. The molecule has 18 heavy (non-hydrogen) atoms. The van der Waals surface area contributed by atoms with Crippen molar-refractivity contribution in [3.63, 3.8) is 0 Å². The summed E-state index contributed by atoms with van der Waals surface area (Å²) in [7, 11) is 0. The number of nitrogens with one attached hydrogen (secondary N) is 2. The summed E-state index contributed by atoms with van der Waals surface area (Å²) in [5, 5.41) is 22.7. The van der Waals surface area contributed by atoms with E-state index in [-0.39, 0.29) is 0 Å². The number of rotatable bonds is 5. The lowest BCUT2D eigenvalue weighted by atomic mass is 10.2. The predicted molar refractivity (Wildman–Crippen MR) is 70.5 cm³/mol. The lowest BCUT2D eigenvalue weighted by Gasteiger charge is -2.17. The Kier molecular flexibility index (Phi) is 5.57. The Morgan fingerprint density at radius 3 is 2.61 bits per heavy atom. The smallest absolute Gasteiger partial charge is 0.328 e. The highest BCUT2D eigenvalue weighted by Crippen LogP contribution is 2.21. The molecule has 0 saturated carbocycles. The molecule has 6 nitrogen and oxygen atoms in total. The van der Waals surface area contributed by atoms with Gasteiger partial charge in [0.2, 0.25) is 0 Å². The molecule has 4 N–H and O–H groups in total. The van der Waals surface area contributed by atoms with Crippen molar-refractivity contribution in [1.29, 1.82) is 0 Å². The van der Waals surface area contributed by atoms with E-state index in [0.29, 0.717) is 6.54 Å². The van der Waals surface area contributed by atoms with Crippen molar-refractivity contribution in [3.8, 4) is 0 Å². The summed E-state index contributed by atoms with van der Waals surface area (Å²) >= 11 is 4.77. The summed E-state index contributed by atoms with van der Waals surface area (Å²) < 4.78 is 0.951. The zero-order valence-electron chi connectivity index (χ0n) is 9.51. The minimum atomic E-state index is -1.32. The predicted octanol–water partition coefficient (Wildman–Crippen LogP) is 1.14. The summed E-state index contributed by atoms with van der Waals surface area (Å²) in [5.41, 5.74) is 0. The van der Waals surface area contributed by atoms with Crippen LogP contribution in [0.1, 0.15) is 11.8 Å². The molecule has 0 aromatic carbocycles. The van der Waals surface area contributed by atoms with Crippen LogP contribution in [0.15, 0.2) is 15.9 Å². The Labute approximate surface area is 116 Å². The van der Waals surface area contributed by atoms with Crippen LogP contribution in [0.2, 0.25) is 0 Å². The van der Waals surface area contributed by atoms with E-state index in [4.69, 9.17) is 5.11 Å². The third kappa shape index (κ3) is 4.63. The van der Waals surface area contributed by atoms with E-state index in [0.717, 1.165) is 8.66 Å². The summed E-state index contributed by atoms with van der Waals surface area (Å²) in [5.74, 6) is -1.28. The van der Waals surface area contributed by atoms with Gasteiger partial charge in [0.1, 0.15) is 0 Å². The van der Waals surface area contributed by atoms with Crippen molar-refractivity contribution >= 4 is 39.3 Å². The number of aliphatic hydroxyl groups excluding tert-OH is 1. The van der Waals surface area contributed by atoms with E-state index < -0.39 is 24.1 Å². The Morgan fingerprint density at radius 2 is 2.17 bits per heavy atom. The Balaban J connectivity index is 2.43.